The predicted octanol–water partition coefficient (Wildman–Crippen LogP) is 6.97. The Morgan fingerprint density at radius 3 is 1.94 bits per heavy atom. The van der Waals surface area contributed by atoms with Crippen LogP contribution in [0.25, 0.3) is 11.1 Å². The summed E-state index contributed by atoms with van der Waals surface area (Å²) in [6.07, 6.45) is 0.326. The Kier molecular flexibility index (Phi) is 9.78. The second kappa shape index (κ2) is 13.2. The quantitative estimate of drug-likeness (QED) is 0.187. The minimum absolute atomic E-state index is 0. The second-order valence-electron chi connectivity index (χ2n) is 8.10. The van der Waals surface area contributed by atoms with E-state index in [1.54, 1.807) is 6.92 Å². The van der Waals surface area contributed by atoms with Gasteiger partial charge in [-0.2, -0.15) is 0 Å². The molecule has 0 aromatic heterocycles. The molecular formula is C30H30ClNO4. The van der Waals surface area contributed by atoms with Gasteiger partial charge in [-0.15, -0.1) is 12.4 Å². The molecule has 0 amide bonds. The van der Waals surface area contributed by atoms with E-state index in [0.717, 1.165) is 27.8 Å². The molecule has 36 heavy (non-hydrogen) atoms. The van der Waals surface area contributed by atoms with Gasteiger partial charge < -0.3 is 19.9 Å². The number of carbonyl (C=O) groups is 1. The number of halogens is 1. The Balaban J connectivity index is 0.00000361. The SMILES string of the molecule is CCC(=O)OCc1cccc(-c2ccc(OCc3ccccc3)c(OCc3ccccc3)c2)c1N.Cl. The maximum Gasteiger partial charge on any atom is 0.305 e. The molecule has 0 saturated carbocycles. The third-order valence-corrected chi connectivity index (χ3v) is 5.60. The highest BCUT2D eigenvalue weighted by molar-refractivity contribution is 5.85. The van der Waals surface area contributed by atoms with E-state index >= 15 is 0 Å². The Bertz CT molecular complexity index is 1260. The standard InChI is InChI=1S/C30H29NO4.ClH/c1-2-29(32)35-21-25-14-9-15-26(30(25)31)24-16-17-27(33-19-22-10-5-3-6-11-22)28(18-24)34-20-23-12-7-4-8-13-23;/h3-18H,2,19-21,31H2,1H3;1H. The zero-order valence-corrected chi connectivity index (χ0v) is 21.0. The van der Waals surface area contributed by atoms with Gasteiger partial charge in [-0.1, -0.05) is 91.9 Å². The van der Waals surface area contributed by atoms with Crippen molar-refractivity contribution in [1.29, 1.82) is 0 Å². The number of rotatable bonds is 10. The number of ether oxygens (including phenoxy) is 3. The van der Waals surface area contributed by atoms with E-state index < -0.39 is 0 Å². The monoisotopic (exact) mass is 503 g/mol. The van der Waals surface area contributed by atoms with Crippen molar-refractivity contribution in [2.75, 3.05) is 5.73 Å². The Morgan fingerprint density at radius 1 is 0.722 bits per heavy atom. The lowest BCUT2D eigenvalue weighted by molar-refractivity contribution is -0.144. The summed E-state index contributed by atoms with van der Waals surface area (Å²) < 4.78 is 17.6. The lowest BCUT2D eigenvalue weighted by Gasteiger charge is -2.16. The van der Waals surface area contributed by atoms with Gasteiger partial charge in [0.25, 0.3) is 0 Å². The van der Waals surface area contributed by atoms with Crippen LogP contribution in [0.1, 0.15) is 30.0 Å². The van der Waals surface area contributed by atoms with E-state index in [1.165, 1.54) is 0 Å². The van der Waals surface area contributed by atoms with Gasteiger partial charge in [0.15, 0.2) is 11.5 Å². The highest BCUT2D eigenvalue weighted by Gasteiger charge is 2.13. The topological polar surface area (TPSA) is 70.8 Å². The van der Waals surface area contributed by atoms with Crippen LogP contribution in [0, 0.1) is 0 Å². The summed E-state index contributed by atoms with van der Waals surface area (Å²) in [6.45, 7) is 2.75. The van der Waals surface area contributed by atoms with E-state index in [2.05, 4.69) is 0 Å². The van der Waals surface area contributed by atoms with Gasteiger partial charge in [0.1, 0.15) is 19.8 Å². The van der Waals surface area contributed by atoms with Gasteiger partial charge in [0.2, 0.25) is 0 Å². The highest BCUT2D eigenvalue weighted by Crippen LogP contribution is 2.37. The molecule has 0 atom stereocenters. The zero-order valence-electron chi connectivity index (χ0n) is 20.2. The molecule has 5 nitrogen and oxygen atoms in total. The molecule has 0 fully saturated rings. The highest BCUT2D eigenvalue weighted by atomic mass is 35.5. The third kappa shape index (κ3) is 7.03. The number of hydrogen-bond donors (Lipinski definition) is 1. The molecular weight excluding hydrogens is 474 g/mol. The molecule has 6 heteroatoms. The van der Waals surface area contributed by atoms with Gasteiger partial charge in [0, 0.05) is 23.2 Å². The first-order valence-electron chi connectivity index (χ1n) is 11.6. The fraction of sp³-hybridized carbons (Fsp3) is 0.167. The Labute approximate surface area is 218 Å². The number of hydrogen-bond acceptors (Lipinski definition) is 5. The number of anilines is 1. The third-order valence-electron chi connectivity index (χ3n) is 5.60. The molecule has 4 aromatic rings. The molecule has 0 aliphatic rings. The van der Waals surface area contributed by atoms with Gasteiger partial charge in [-0.05, 0) is 28.8 Å². The molecule has 0 unspecified atom stereocenters. The summed E-state index contributed by atoms with van der Waals surface area (Å²) in [7, 11) is 0. The molecule has 0 spiro atoms. The first-order chi connectivity index (χ1) is 17.1. The van der Waals surface area contributed by atoms with Gasteiger partial charge in [-0.3, -0.25) is 4.79 Å². The summed E-state index contributed by atoms with van der Waals surface area (Å²) in [5.74, 6) is 1.02. The van der Waals surface area contributed by atoms with E-state index in [0.29, 0.717) is 36.8 Å². The van der Waals surface area contributed by atoms with Gasteiger partial charge in [-0.25, -0.2) is 0 Å². The largest absolute Gasteiger partial charge is 0.485 e. The van der Waals surface area contributed by atoms with Crippen LogP contribution in [0.5, 0.6) is 11.5 Å². The number of para-hydroxylation sites is 1. The molecule has 0 aliphatic heterocycles. The fourth-order valence-electron chi connectivity index (χ4n) is 3.63. The molecule has 0 radical (unpaired) electrons. The molecule has 0 bridgehead atoms. The first-order valence-corrected chi connectivity index (χ1v) is 11.6. The van der Waals surface area contributed by atoms with Crippen LogP contribution in [0.15, 0.2) is 97.1 Å². The van der Waals surface area contributed by atoms with E-state index in [9.17, 15) is 4.79 Å². The molecule has 2 N–H and O–H groups in total. The molecule has 0 heterocycles. The van der Waals surface area contributed by atoms with Crippen molar-refractivity contribution >= 4 is 24.1 Å². The van der Waals surface area contributed by atoms with Crippen LogP contribution < -0.4 is 15.2 Å². The number of benzene rings is 4. The predicted molar refractivity (Wildman–Crippen MR) is 145 cm³/mol. The minimum Gasteiger partial charge on any atom is -0.485 e. The van der Waals surface area contributed by atoms with Crippen molar-refractivity contribution in [2.24, 2.45) is 0 Å². The molecule has 4 rings (SSSR count). The smallest absolute Gasteiger partial charge is 0.305 e. The lowest BCUT2D eigenvalue weighted by Crippen LogP contribution is -2.05. The van der Waals surface area contributed by atoms with Crippen molar-refractivity contribution in [3.05, 3.63) is 114 Å². The maximum absolute atomic E-state index is 11.6. The van der Waals surface area contributed by atoms with Crippen molar-refractivity contribution in [3.63, 3.8) is 0 Å². The summed E-state index contributed by atoms with van der Waals surface area (Å²) in [6, 6.07) is 31.5. The van der Waals surface area contributed by atoms with Crippen molar-refractivity contribution in [2.45, 2.75) is 33.2 Å². The zero-order chi connectivity index (χ0) is 24.5. The minimum atomic E-state index is -0.258. The summed E-state index contributed by atoms with van der Waals surface area (Å²) in [4.78, 5) is 11.6. The van der Waals surface area contributed by atoms with E-state index in [-0.39, 0.29) is 25.0 Å². The Morgan fingerprint density at radius 2 is 1.33 bits per heavy atom. The fourth-order valence-corrected chi connectivity index (χ4v) is 3.63. The van der Waals surface area contributed by atoms with Gasteiger partial charge >= 0.3 is 5.97 Å². The van der Waals surface area contributed by atoms with Crippen molar-refractivity contribution < 1.29 is 19.0 Å². The number of esters is 1. The van der Waals surface area contributed by atoms with Crippen molar-refractivity contribution in [3.8, 4) is 22.6 Å². The van der Waals surface area contributed by atoms with Crippen LogP contribution >= 0.6 is 12.4 Å². The number of nitrogen functional groups attached to an aromatic ring is 1. The van der Waals surface area contributed by atoms with Crippen LogP contribution in [0.3, 0.4) is 0 Å². The van der Waals surface area contributed by atoms with Crippen LogP contribution in [0.2, 0.25) is 0 Å². The van der Waals surface area contributed by atoms with Crippen LogP contribution in [0.4, 0.5) is 5.69 Å². The van der Waals surface area contributed by atoms with Gasteiger partial charge in [0.05, 0.1) is 0 Å². The second-order valence-corrected chi connectivity index (χ2v) is 8.10. The first kappa shape index (κ1) is 26.6. The summed E-state index contributed by atoms with van der Waals surface area (Å²) in [5, 5.41) is 0. The molecule has 186 valence electrons. The van der Waals surface area contributed by atoms with E-state index in [4.69, 9.17) is 19.9 Å². The summed E-state index contributed by atoms with van der Waals surface area (Å²) >= 11 is 0. The Hall–Kier alpha value is -3.96. The molecule has 0 aliphatic carbocycles. The van der Waals surface area contributed by atoms with Crippen LogP contribution in [-0.4, -0.2) is 5.97 Å². The average molecular weight is 504 g/mol. The average Bonchev–Trinajstić information content (AvgIpc) is 2.91. The number of nitrogens with two attached hydrogens (primary N) is 1. The molecule has 0 saturated heterocycles. The lowest BCUT2D eigenvalue weighted by atomic mass is 10.00. The van der Waals surface area contributed by atoms with E-state index in [1.807, 2.05) is 97.1 Å². The maximum atomic E-state index is 11.6. The summed E-state index contributed by atoms with van der Waals surface area (Å²) in [5.41, 5.74) is 11.7. The number of carbonyl (C=O) groups excluding carboxylic acids is 1. The van der Waals surface area contributed by atoms with Crippen LogP contribution in [-0.2, 0) is 29.4 Å². The normalized spacial score (nSPS) is 10.2. The molecule has 4 aromatic carbocycles. The van der Waals surface area contributed by atoms with Crippen molar-refractivity contribution in [1.82, 2.24) is 0 Å².